The lowest BCUT2D eigenvalue weighted by Crippen LogP contribution is -2.00. The van der Waals surface area contributed by atoms with E-state index in [1.165, 1.54) is 7.11 Å². The Morgan fingerprint density at radius 3 is 2.17 bits per heavy atom. The molecule has 3 heteroatoms. The molecule has 0 spiro atoms. The Kier molecular flexibility index (Phi) is 2.69. The van der Waals surface area contributed by atoms with Gasteiger partial charge in [0, 0.05) is 5.56 Å². The molecule has 0 amide bonds. The molecule has 1 aromatic rings. The summed E-state index contributed by atoms with van der Waals surface area (Å²) in [7, 11) is 3.09. The van der Waals surface area contributed by atoms with Gasteiger partial charge in [-0.2, -0.15) is 0 Å². The van der Waals surface area contributed by atoms with E-state index in [0.717, 1.165) is 11.3 Å². The highest BCUT2D eigenvalue weighted by atomic mass is 16.5. The van der Waals surface area contributed by atoms with Crippen molar-refractivity contribution < 1.29 is 9.47 Å². The fourth-order valence-electron chi connectivity index (χ4n) is 0.860. The maximum Gasteiger partial charge on any atom is 0.212 e. The minimum Gasteiger partial charge on any atom is -0.497 e. The molecule has 0 aromatic heterocycles. The van der Waals surface area contributed by atoms with E-state index < -0.39 is 0 Å². The number of ether oxygens (including phenoxy) is 2. The molecule has 0 saturated carbocycles. The van der Waals surface area contributed by atoms with E-state index >= 15 is 0 Å². The second kappa shape index (κ2) is 3.76. The summed E-state index contributed by atoms with van der Waals surface area (Å²) in [5.41, 5.74) is 0.748. The number of methoxy groups -OCH3 is 2. The summed E-state index contributed by atoms with van der Waals surface area (Å²) >= 11 is 0. The summed E-state index contributed by atoms with van der Waals surface area (Å²) in [5.74, 6) is 0.945. The monoisotopic (exact) mass is 165 g/mol. The van der Waals surface area contributed by atoms with Gasteiger partial charge in [-0.05, 0) is 24.3 Å². The normalized spacial score (nSPS) is 9.17. The van der Waals surface area contributed by atoms with Crippen molar-refractivity contribution in [3.63, 3.8) is 0 Å². The first-order valence-electron chi connectivity index (χ1n) is 3.55. The SMILES string of the molecule is COC(=N)c1ccc(OC)cc1. The molecular weight excluding hydrogens is 154 g/mol. The van der Waals surface area contributed by atoms with Crippen LogP contribution in [0.1, 0.15) is 5.56 Å². The van der Waals surface area contributed by atoms with E-state index in [2.05, 4.69) is 0 Å². The minimum absolute atomic E-state index is 0.164. The Balaban J connectivity index is 2.84. The highest BCUT2D eigenvalue weighted by Crippen LogP contribution is 2.11. The molecule has 3 nitrogen and oxygen atoms in total. The van der Waals surface area contributed by atoms with Crippen molar-refractivity contribution in [2.45, 2.75) is 0 Å². The van der Waals surface area contributed by atoms with Gasteiger partial charge in [-0.25, -0.2) is 0 Å². The third-order valence-corrected chi connectivity index (χ3v) is 1.56. The van der Waals surface area contributed by atoms with Crippen LogP contribution in [0.4, 0.5) is 0 Å². The van der Waals surface area contributed by atoms with Crippen molar-refractivity contribution in [3.05, 3.63) is 29.8 Å². The Labute approximate surface area is 71.4 Å². The maximum atomic E-state index is 7.34. The van der Waals surface area contributed by atoms with Crippen molar-refractivity contribution in [2.24, 2.45) is 0 Å². The first kappa shape index (κ1) is 8.59. The smallest absolute Gasteiger partial charge is 0.212 e. The number of rotatable bonds is 2. The van der Waals surface area contributed by atoms with Gasteiger partial charge in [0.05, 0.1) is 14.2 Å². The molecule has 0 aliphatic rings. The Morgan fingerprint density at radius 2 is 1.75 bits per heavy atom. The zero-order chi connectivity index (χ0) is 8.97. The van der Waals surface area contributed by atoms with Gasteiger partial charge in [0.15, 0.2) is 0 Å². The molecule has 0 bridgehead atoms. The molecule has 1 rings (SSSR count). The molecular formula is C9H11NO2. The molecule has 0 fully saturated rings. The first-order valence-corrected chi connectivity index (χ1v) is 3.55. The number of nitrogens with one attached hydrogen (secondary N) is 1. The van der Waals surface area contributed by atoms with Crippen molar-refractivity contribution >= 4 is 5.90 Å². The minimum atomic E-state index is 0.164. The lowest BCUT2D eigenvalue weighted by Gasteiger charge is -2.02. The highest BCUT2D eigenvalue weighted by molar-refractivity contribution is 5.91. The zero-order valence-corrected chi connectivity index (χ0v) is 7.13. The van der Waals surface area contributed by atoms with Gasteiger partial charge in [-0.3, -0.25) is 5.41 Å². The molecule has 0 radical (unpaired) electrons. The summed E-state index contributed by atoms with van der Waals surface area (Å²) in [4.78, 5) is 0. The molecule has 0 heterocycles. The summed E-state index contributed by atoms with van der Waals surface area (Å²) < 4.78 is 9.72. The van der Waals surface area contributed by atoms with Crippen molar-refractivity contribution in [3.8, 4) is 5.75 Å². The van der Waals surface area contributed by atoms with Crippen LogP contribution in [0.25, 0.3) is 0 Å². The third kappa shape index (κ3) is 1.75. The third-order valence-electron chi connectivity index (χ3n) is 1.56. The molecule has 0 atom stereocenters. The van der Waals surface area contributed by atoms with E-state index in [0.29, 0.717) is 0 Å². The number of hydrogen-bond donors (Lipinski definition) is 1. The highest BCUT2D eigenvalue weighted by Gasteiger charge is 1.99. The summed E-state index contributed by atoms with van der Waals surface area (Å²) in [5, 5.41) is 7.34. The van der Waals surface area contributed by atoms with Gasteiger partial charge in [-0.1, -0.05) is 0 Å². The van der Waals surface area contributed by atoms with Gasteiger partial charge < -0.3 is 9.47 Å². The van der Waals surface area contributed by atoms with Gasteiger partial charge in [-0.15, -0.1) is 0 Å². The van der Waals surface area contributed by atoms with Crippen LogP contribution in [0.5, 0.6) is 5.75 Å². The number of hydrogen-bond acceptors (Lipinski definition) is 3. The van der Waals surface area contributed by atoms with E-state index in [1.807, 2.05) is 0 Å². The Hall–Kier alpha value is -1.51. The van der Waals surface area contributed by atoms with Crippen molar-refractivity contribution in [1.29, 1.82) is 5.41 Å². The summed E-state index contributed by atoms with van der Waals surface area (Å²) in [6, 6.07) is 7.15. The van der Waals surface area contributed by atoms with Crippen LogP contribution in [0.15, 0.2) is 24.3 Å². The molecule has 12 heavy (non-hydrogen) atoms. The molecule has 1 N–H and O–H groups in total. The quantitative estimate of drug-likeness (QED) is 0.535. The van der Waals surface area contributed by atoms with E-state index in [4.69, 9.17) is 14.9 Å². The number of benzene rings is 1. The fraction of sp³-hybridized carbons (Fsp3) is 0.222. The van der Waals surface area contributed by atoms with E-state index in [-0.39, 0.29) is 5.90 Å². The standard InChI is InChI=1S/C9H11NO2/c1-11-8-5-3-7(4-6-8)9(10)12-2/h3-6,10H,1-2H3. The predicted octanol–water partition coefficient (Wildman–Crippen LogP) is 1.67. The van der Waals surface area contributed by atoms with Gasteiger partial charge in [0.2, 0.25) is 5.90 Å². The van der Waals surface area contributed by atoms with Crippen LogP contribution >= 0.6 is 0 Å². The van der Waals surface area contributed by atoms with E-state index in [9.17, 15) is 0 Å². The largest absolute Gasteiger partial charge is 0.497 e. The lowest BCUT2D eigenvalue weighted by atomic mass is 10.2. The van der Waals surface area contributed by atoms with Crippen LogP contribution in [0.3, 0.4) is 0 Å². The Bertz CT molecular complexity index is 266. The molecule has 0 aliphatic carbocycles. The second-order valence-corrected chi connectivity index (χ2v) is 2.26. The molecule has 1 aromatic carbocycles. The van der Waals surface area contributed by atoms with Crippen molar-refractivity contribution in [1.82, 2.24) is 0 Å². The van der Waals surface area contributed by atoms with Crippen LogP contribution in [-0.4, -0.2) is 20.1 Å². The van der Waals surface area contributed by atoms with Crippen LogP contribution in [-0.2, 0) is 4.74 Å². The summed E-state index contributed by atoms with van der Waals surface area (Å²) in [6.07, 6.45) is 0. The molecule has 64 valence electrons. The average molecular weight is 165 g/mol. The van der Waals surface area contributed by atoms with Crippen LogP contribution < -0.4 is 4.74 Å². The molecule has 0 saturated heterocycles. The predicted molar refractivity (Wildman–Crippen MR) is 46.8 cm³/mol. The van der Waals surface area contributed by atoms with Crippen molar-refractivity contribution in [2.75, 3.05) is 14.2 Å². The first-order chi connectivity index (χ1) is 5.77. The second-order valence-electron chi connectivity index (χ2n) is 2.26. The average Bonchev–Trinajstić information content (AvgIpc) is 2.17. The fourth-order valence-corrected chi connectivity index (χ4v) is 0.860. The topological polar surface area (TPSA) is 42.3 Å². The van der Waals surface area contributed by atoms with Gasteiger partial charge in [0.25, 0.3) is 0 Å². The molecule has 0 unspecified atom stereocenters. The molecule has 0 aliphatic heterocycles. The van der Waals surface area contributed by atoms with Gasteiger partial charge in [0.1, 0.15) is 5.75 Å². The van der Waals surface area contributed by atoms with Crippen LogP contribution in [0, 0.1) is 5.41 Å². The van der Waals surface area contributed by atoms with E-state index in [1.54, 1.807) is 31.4 Å². The zero-order valence-electron chi connectivity index (χ0n) is 7.13. The summed E-state index contributed by atoms with van der Waals surface area (Å²) in [6.45, 7) is 0. The van der Waals surface area contributed by atoms with Gasteiger partial charge >= 0.3 is 0 Å². The Morgan fingerprint density at radius 1 is 1.17 bits per heavy atom. The maximum absolute atomic E-state index is 7.34. The lowest BCUT2D eigenvalue weighted by molar-refractivity contribution is 0.400. The van der Waals surface area contributed by atoms with Crippen LogP contribution in [0.2, 0.25) is 0 Å².